The van der Waals surface area contributed by atoms with Gasteiger partial charge in [-0.2, -0.15) is 0 Å². The van der Waals surface area contributed by atoms with Crippen molar-refractivity contribution in [3.8, 4) is 0 Å². The fourth-order valence-corrected chi connectivity index (χ4v) is 2.19. The van der Waals surface area contributed by atoms with Crippen molar-refractivity contribution < 1.29 is 14.7 Å². The third-order valence-corrected chi connectivity index (χ3v) is 3.59. The molecular weight excluding hydrogens is 282 g/mol. The number of nitrogens with zero attached hydrogens (tertiary/aromatic N) is 2. The van der Waals surface area contributed by atoms with Crippen molar-refractivity contribution >= 4 is 23.5 Å². The molecule has 0 aromatic carbocycles. The smallest absolute Gasteiger partial charge is 0.306 e. The Morgan fingerprint density at radius 3 is 2.65 bits per heavy atom. The van der Waals surface area contributed by atoms with E-state index in [4.69, 9.17) is 16.7 Å². The van der Waals surface area contributed by atoms with E-state index in [1.165, 1.54) is 6.20 Å². The van der Waals surface area contributed by atoms with Crippen LogP contribution in [0.3, 0.4) is 0 Å². The van der Waals surface area contributed by atoms with Gasteiger partial charge in [0.2, 0.25) is 0 Å². The van der Waals surface area contributed by atoms with Gasteiger partial charge >= 0.3 is 5.97 Å². The zero-order valence-corrected chi connectivity index (χ0v) is 12.0. The second-order valence-corrected chi connectivity index (χ2v) is 5.66. The molecule has 1 aromatic rings. The monoisotopic (exact) mass is 297 g/mol. The molecule has 1 aliphatic rings. The molecule has 0 unspecified atom stereocenters. The molecule has 1 aliphatic carbocycles. The Morgan fingerprint density at radius 2 is 2.10 bits per heavy atom. The molecule has 1 saturated carbocycles. The molecule has 20 heavy (non-hydrogen) atoms. The minimum atomic E-state index is -0.822. The zero-order chi connectivity index (χ0) is 14.9. The number of carboxylic acids is 1. The average Bonchev–Trinajstić information content (AvgIpc) is 2.32. The zero-order valence-electron chi connectivity index (χ0n) is 11.3. The summed E-state index contributed by atoms with van der Waals surface area (Å²) in [5, 5.41) is 11.7. The Balaban J connectivity index is 2.03. The van der Waals surface area contributed by atoms with Gasteiger partial charge in [0.1, 0.15) is 11.5 Å². The maximum Gasteiger partial charge on any atom is 0.306 e. The Kier molecular flexibility index (Phi) is 4.23. The molecule has 1 fully saturated rings. The van der Waals surface area contributed by atoms with Crippen LogP contribution in [0.1, 0.15) is 48.9 Å². The SMILES string of the molecule is CC(C)c1ncc(Cl)c(C(=O)NC2CC(C(=O)O)C2)n1. The van der Waals surface area contributed by atoms with Crippen molar-refractivity contribution in [2.75, 3.05) is 0 Å². The Labute approximate surface area is 121 Å². The molecule has 0 atom stereocenters. The van der Waals surface area contributed by atoms with E-state index >= 15 is 0 Å². The maximum atomic E-state index is 12.1. The van der Waals surface area contributed by atoms with E-state index < -0.39 is 5.97 Å². The molecule has 2 rings (SSSR count). The van der Waals surface area contributed by atoms with Crippen LogP contribution in [0, 0.1) is 5.92 Å². The van der Waals surface area contributed by atoms with Gasteiger partial charge in [-0.1, -0.05) is 25.4 Å². The molecule has 0 spiro atoms. The van der Waals surface area contributed by atoms with Crippen molar-refractivity contribution in [1.29, 1.82) is 0 Å². The van der Waals surface area contributed by atoms with Gasteiger partial charge in [-0.05, 0) is 12.8 Å². The first kappa shape index (κ1) is 14.7. The van der Waals surface area contributed by atoms with Crippen molar-refractivity contribution in [3.05, 3.63) is 22.7 Å². The normalized spacial score (nSPS) is 21.4. The van der Waals surface area contributed by atoms with Crippen LogP contribution in [0.25, 0.3) is 0 Å². The summed E-state index contributed by atoms with van der Waals surface area (Å²) in [6.45, 7) is 3.85. The van der Waals surface area contributed by atoms with Crippen LogP contribution in [0.5, 0.6) is 0 Å². The van der Waals surface area contributed by atoms with Crippen LogP contribution in [0.2, 0.25) is 5.02 Å². The Hall–Kier alpha value is -1.69. The summed E-state index contributed by atoms with van der Waals surface area (Å²) in [5.41, 5.74) is 0.143. The van der Waals surface area contributed by atoms with Crippen molar-refractivity contribution in [2.24, 2.45) is 5.92 Å². The van der Waals surface area contributed by atoms with Crippen molar-refractivity contribution in [3.63, 3.8) is 0 Å². The maximum absolute atomic E-state index is 12.1. The van der Waals surface area contributed by atoms with Crippen LogP contribution in [0.4, 0.5) is 0 Å². The number of amides is 1. The lowest BCUT2D eigenvalue weighted by Crippen LogP contribution is -2.47. The van der Waals surface area contributed by atoms with Gasteiger partial charge in [-0.15, -0.1) is 0 Å². The molecule has 0 bridgehead atoms. The van der Waals surface area contributed by atoms with E-state index in [1.807, 2.05) is 13.8 Å². The summed E-state index contributed by atoms with van der Waals surface area (Å²) in [6, 6.07) is -0.128. The highest BCUT2D eigenvalue weighted by Crippen LogP contribution is 2.28. The molecule has 1 heterocycles. The van der Waals surface area contributed by atoms with E-state index in [0.29, 0.717) is 18.7 Å². The first-order chi connectivity index (χ1) is 9.38. The molecule has 0 saturated heterocycles. The van der Waals surface area contributed by atoms with E-state index in [-0.39, 0.29) is 34.5 Å². The predicted molar refractivity (Wildman–Crippen MR) is 72.7 cm³/mol. The number of rotatable bonds is 4. The minimum absolute atomic E-state index is 0.0962. The lowest BCUT2D eigenvalue weighted by atomic mass is 9.80. The fraction of sp³-hybridized carbons (Fsp3) is 0.538. The van der Waals surface area contributed by atoms with Gasteiger partial charge in [0.15, 0.2) is 0 Å². The van der Waals surface area contributed by atoms with Gasteiger partial charge in [0.05, 0.1) is 17.1 Å². The molecule has 108 valence electrons. The van der Waals surface area contributed by atoms with Crippen LogP contribution in [0.15, 0.2) is 6.20 Å². The first-order valence-electron chi connectivity index (χ1n) is 6.44. The Bertz CT molecular complexity index is 542. The van der Waals surface area contributed by atoms with E-state index in [2.05, 4.69) is 15.3 Å². The van der Waals surface area contributed by atoms with Crippen molar-refractivity contribution in [1.82, 2.24) is 15.3 Å². The second kappa shape index (κ2) is 5.75. The highest BCUT2D eigenvalue weighted by molar-refractivity contribution is 6.33. The molecule has 7 heteroatoms. The number of carbonyl (C=O) groups excluding carboxylic acids is 1. The number of hydrogen-bond donors (Lipinski definition) is 2. The third kappa shape index (κ3) is 3.07. The van der Waals surface area contributed by atoms with Gasteiger partial charge in [-0.3, -0.25) is 9.59 Å². The summed E-state index contributed by atoms with van der Waals surface area (Å²) in [5.74, 6) is -0.923. The van der Waals surface area contributed by atoms with E-state index in [1.54, 1.807) is 0 Å². The summed E-state index contributed by atoms with van der Waals surface area (Å²) in [7, 11) is 0. The summed E-state index contributed by atoms with van der Waals surface area (Å²) in [6.07, 6.45) is 2.31. The lowest BCUT2D eigenvalue weighted by Gasteiger charge is -2.32. The molecule has 6 nitrogen and oxygen atoms in total. The predicted octanol–water partition coefficient (Wildman–Crippen LogP) is 1.85. The highest BCUT2D eigenvalue weighted by Gasteiger charge is 2.35. The lowest BCUT2D eigenvalue weighted by molar-refractivity contribution is -0.145. The van der Waals surface area contributed by atoms with E-state index in [0.717, 1.165) is 0 Å². The minimum Gasteiger partial charge on any atom is -0.481 e. The standard InChI is InChI=1S/C13H16ClN3O3/c1-6(2)11-15-5-9(14)10(17-11)12(18)16-8-3-7(4-8)13(19)20/h5-8H,3-4H2,1-2H3,(H,16,18)(H,19,20). The molecule has 2 N–H and O–H groups in total. The summed E-state index contributed by atoms with van der Waals surface area (Å²) < 4.78 is 0. The van der Waals surface area contributed by atoms with Gasteiger partial charge < -0.3 is 10.4 Å². The molecule has 1 amide bonds. The van der Waals surface area contributed by atoms with Gasteiger partial charge in [-0.25, -0.2) is 9.97 Å². The second-order valence-electron chi connectivity index (χ2n) is 5.26. The molecular formula is C13H16ClN3O3. The number of carboxylic acid groups (broad SMARTS) is 1. The van der Waals surface area contributed by atoms with Crippen LogP contribution >= 0.6 is 11.6 Å². The summed E-state index contributed by atoms with van der Waals surface area (Å²) >= 11 is 5.94. The molecule has 0 aliphatic heterocycles. The van der Waals surface area contributed by atoms with Gasteiger partial charge in [0, 0.05) is 12.0 Å². The van der Waals surface area contributed by atoms with Crippen LogP contribution in [-0.4, -0.2) is 33.0 Å². The number of halogens is 1. The third-order valence-electron chi connectivity index (χ3n) is 3.32. The topological polar surface area (TPSA) is 92.2 Å². The molecule has 1 aromatic heterocycles. The average molecular weight is 298 g/mol. The quantitative estimate of drug-likeness (QED) is 0.885. The van der Waals surface area contributed by atoms with E-state index in [9.17, 15) is 9.59 Å². The van der Waals surface area contributed by atoms with Gasteiger partial charge in [0.25, 0.3) is 5.91 Å². The summed E-state index contributed by atoms with van der Waals surface area (Å²) in [4.78, 5) is 31.0. The molecule has 0 radical (unpaired) electrons. The first-order valence-corrected chi connectivity index (χ1v) is 6.82. The van der Waals surface area contributed by atoms with Crippen LogP contribution < -0.4 is 5.32 Å². The number of aromatic nitrogens is 2. The number of nitrogens with one attached hydrogen (secondary N) is 1. The Morgan fingerprint density at radius 1 is 1.45 bits per heavy atom. The fourth-order valence-electron chi connectivity index (χ4n) is 2.01. The number of carbonyl (C=O) groups is 2. The number of hydrogen-bond acceptors (Lipinski definition) is 4. The number of aliphatic carboxylic acids is 1. The van der Waals surface area contributed by atoms with Crippen LogP contribution in [-0.2, 0) is 4.79 Å². The van der Waals surface area contributed by atoms with Crippen molar-refractivity contribution in [2.45, 2.75) is 38.6 Å². The largest absolute Gasteiger partial charge is 0.481 e. The highest BCUT2D eigenvalue weighted by atomic mass is 35.5.